The first-order valence-corrected chi connectivity index (χ1v) is 5.74. The fourth-order valence-corrected chi connectivity index (χ4v) is 1.61. The Morgan fingerprint density at radius 1 is 1.29 bits per heavy atom. The molecule has 3 nitrogen and oxygen atoms in total. The average Bonchev–Trinajstić information content (AvgIpc) is 2.26. The summed E-state index contributed by atoms with van der Waals surface area (Å²) in [5, 5.41) is 0. The van der Waals surface area contributed by atoms with E-state index in [4.69, 9.17) is 5.73 Å². The topological polar surface area (TPSA) is 52.3 Å². The maximum absolute atomic E-state index is 12.4. The Morgan fingerprint density at radius 2 is 1.88 bits per heavy atom. The second kappa shape index (κ2) is 7.53. The molecule has 102 valence electrons. The number of carbonyl (C=O) groups is 1. The van der Waals surface area contributed by atoms with E-state index >= 15 is 0 Å². The quantitative estimate of drug-likeness (QED) is 0.562. The van der Waals surface area contributed by atoms with E-state index in [1.807, 2.05) is 6.92 Å². The van der Waals surface area contributed by atoms with Crippen molar-refractivity contribution in [3.05, 3.63) is 0 Å². The molecule has 0 rings (SSSR count). The minimum atomic E-state index is -4.57. The molecule has 0 radical (unpaired) electrons. The van der Waals surface area contributed by atoms with Gasteiger partial charge in [-0.1, -0.05) is 32.6 Å². The number of hydrogen-bond donors (Lipinski definition) is 1. The second-order valence-corrected chi connectivity index (χ2v) is 4.05. The van der Waals surface area contributed by atoms with Crippen LogP contribution in [0.25, 0.3) is 0 Å². The van der Waals surface area contributed by atoms with Gasteiger partial charge in [0.2, 0.25) is 0 Å². The number of carbonyl (C=O) groups excluding carboxylic acids is 1. The van der Waals surface area contributed by atoms with Gasteiger partial charge in [0, 0.05) is 0 Å². The fourth-order valence-electron chi connectivity index (χ4n) is 1.61. The maximum atomic E-state index is 12.4. The van der Waals surface area contributed by atoms with Crippen LogP contribution in [0.4, 0.5) is 13.2 Å². The van der Waals surface area contributed by atoms with Crippen LogP contribution in [0.3, 0.4) is 0 Å². The molecule has 0 fully saturated rings. The van der Waals surface area contributed by atoms with Crippen LogP contribution in [-0.2, 0) is 9.53 Å². The highest BCUT2D eigenvalue weighted by Gasteiger charge is 2.45. The summed E-state index contributed by atoms with van der Waals surface area (Å²) >= 11 is 0. The molecule has 0 saturated carbocycles. The highest BCUT2D eigenvalue weighted by molar-refractivity contribution is 5.73. The molecule has 0 aliphatic rings. The van der Waals surface area contributed by atoms with E-state index in [-0.39, 0.29) is 6.42 Å². The van der Waals surface area contributed by atoms with E-state index < -0.39 is 24.1 Å². The summed E-state index contributed by atoms with van der Waals surface area (Å²) in [6.45, 7) is 2.00. The fraction of sp³-hybridized carbons (Fsp3) is 0.909. The van der Waals surface area contributed by atoms with Crippen LogP contribution in [-0.4, -0.2) is 25.3 Å². The monoisotopic (exact) mass is 255 g/mol. The van der Waals surface area contributed by atoms with Crippen molar-refractivity contribution >= 4 is 5.97 Å². The van der Waals surface area contributed by atoms with Gasteiger partial charge in [0.05, 0.1) is 13.0 Å². The Kier molecular flexibility index (Phi) is 7.18. The van der Waals surface area contributed by atoms with Gasteiger partial charge in [0.15, 0.2) is 0 Å². The Hall–Kier alpha value is -0.780. The first kappa shape index (κ1) is 16.2. The van der Waals surface area contributed by atoms with Crippen molar-refractivity contribution in [3.8, 4) is 0 Å². The molecule has 0 aromatic rings. The summed E-state index contributed by atoms with van der Waals surface area (Å²) in [4.78, 5) is 11.3. The largest absolute Gasteiger partial charge is 0.469 e. The predicted octanol–water partition coefficient (Wildman–Crippen LogP) is 2.64. The Morgan fingerprint density at radius 3 is 2.29 bits per heavy atom. The molecule has 2 N–H and O–H groups in total. The number of methoxy groups -OCH3 is 1. The van der Waals surface area contributed by atoms with Crippen LogP contribution in [0, 0.1) is 5.92 Å². The van der Waals surface area contributed by atoms with E-state index in [2.05, 4.69) is 4.74 Å². The number of nitrogens with two attached hydrogens (primary N) is 1. The number of ether oxygens (including phenoxy) is 1. The number of unbranched alkanes of at least 4 members (excludes halogenated alkanes) is 3. The molecular weight excluding hydrogens is 235 g/mol. The van der Waals surface area contributed by atoms with Crippen molar-refractivity contribution in [3.63, 3.8) is 0 Å². The van der Waals surface area contributed by atoms with Crippen LogP contribution >= 0.6 is 0 Å². The lowest BCUT2D eigenvalue weighted by Crippen LogP contribution is -2.47. The molecule has 0 saturated heterocycles. The lowest BCUT2D eigenvalue weighted by molar-refractivity contribution is -0.175. The van der Waals surface area contributed by atoms with Crippen molar-refractivity contribution in [1.29, 1.82) is 0 Å². The van der Waals surface area contributed by atoms with Crippen LogP contribution in [0.15, 0.2) is 0 Å². The van der Waals surface area contributed by atoms with Crippen molar-refractivity contribution in [1.82, 2.24) is 0 Å². The van der Waals surface area contributed by atoms with E-state index in [1.54, 1.807) is 0 Å². The zero-order chi connectivity index (χ0) is 13.5. The van der Waals surface area contributed by atoms with Crippen LogP contribution in [0.1, 0.15) is 39.0 Å². The van der Waals surface area contributed by atoms with Crippen molar-refractivity contribution in [2.45, 2.75) is 51.2 Å². The van der Waals surface area contributed by atoms with E-state index in [0.29, 0.717) is 6.42 Å². The van der Waals surface area contributed by atoms with Gasteiger partial charge < -0.3 is 10.5 Å². The molecule has 0 aliphatic carbocycles. The molecule has 0 aliphatic heterocycles. The van der Waals surface area contributed by atoms with Crippen molar-refractivity contribution < 1.29 is 22.7 Å². The second-order valence-electron chi connectivity index (χ2n) is 4.05. The summed E-state index contributed by atoms with van der Waals surface area (Å²) in [5.74, 6) is -2.18. The molecule has 0 heterocycles. The number of hydrogen-bond acceptors (Lipinski definition) is 3. The lowest BCUT2D eigenvalue weighted by atomic mass is 9.93. The molecule has 17 heavy (non-hydrogen) atoms. The van der Waals surface area contributed by atoms with Gasteiger partial charge in [-0.3, -0.25) is 4.79 Å². The molecular formula is C11H20F3NO2. The van der Waals surface area contributed by atoms with Crippen molar-refractivity contribution in [2.24, 2.45) is 11.7 Å². The van der Waals surface area contributed by atoms with E-state index in [1.165, 1.54) is 0 Å². The summed E-state index contributed by atoms with van der Waals surface area (Å²) in [5.41, 5.74) is 5.06. The van der Waals surface area contributed by atoms with Gasteiger partial charge in [-0.15, -0.1) is 0 Å². The van der Waals surface area contributed by atoms with Crippen molar-refractivity contribution in [2.75, 3.05) is 7.11 Å². The van der Waals surface area contributed by atoms with E-state index in [0.717, 1.165) is 26.4 Å². The van der Waals surface area contributed by atoms with Gasteiger partial charge in [0.1, 0.15) is 6.04 Å². The molecule has 0 bridgehead atoms. The van der Waals surface area contributed by atoms with Gasteiger partial charge in [-0.05, 0) is 6.42 Å². The van der Waals surface area contributed by atoms with Crippen LogP contribution in [0.5, 0.6) is 0 Å². The minimum absolute atomic E-state index is 0.118. The standard InChI is InChI=1S/C11H20F3NO2/c1-3-4-5-6-7-8(10(16)17-2)9(15)11(12,13)14/h8-9H,3-7,15H2,1-2H3/t8-,9-/m0/s1. The van der Waals surface area contributed by atoms with Gasteiger partial charge in [-0.2, -0.15) is 13.2 Å². The van der Waals surface area contributed by atoms with E-state index in [9.17, 15) is 18.0 Å². The molecule has 0 unspecified atom stereocenters. The molecule has 0 spiro atoms. The Labute approximate surface area is 99.5 Å². The van der Waals surface area contributed by atoms with Crippen LogP contribution in [0.2, 0.25) is 0 Å². The number of alkyl halides is 3. The third kappa shape index (κ3) is 5.91. The van der Waals surface area contributed by atoms with Gasteiger partial charge >= 0.3 is 12.1 Å². The zero-order valence-corrected chi connectivity index (χ0v) is 10.2. The third-order valence-corrected chi connectivity index (χ3v) is 2.68. The number of halogens is 3. The highest BCUT2D eigenvalue weighted by Crippen LogP contribution is 2.27. The molecule has 0 aromatic carbocycles. The number of esters is 1. The first-order valence-electron chi connectivity index (χ1n) is 5.74. The maximum Gasteiger partial charge on any atom is 0.404 e. The number of rotatable bonds is 7. The smallest absolute Gasteiger partial charge is 0.404 e. The lowest BCUT2D eigenvalue weighted by Gasteiger charge is -2.23. The van der Waals surface area contributed by atoms with Gasteiger partial charge in [-0.25, -0.2) is 0 Å². The summed E-state index contributed by atoms with van der Waals surface area (Å²) in [7, 11) is 1.07. The average molecular weight is 255 g/mol. The Bertz CT molecular complexity index is 231. The predicted molar refractivity (Wildman–Crippen MR) is 58.3 cm³/mol. The highest BCUT2D eigenvalue weighted by atomic mass is 19.4. The summed E-state index contributed by atoms with van der Waals surface area (Å²) < 4.78 is 41.7. The van der Waals surface area contributed by atoms with Gasteiger partial charge in [0.25, 0.3) is 0 Å². The SMILES string of the molecule is CCCCCC[C@H](C(=O)OC)[C@H](N)C(F)(F)F. The van der Waals surface area contributed by atoms with Crippen LogP contribution < -0.4 is 5.73 Å². The first-order chi connectivity index (χ1) is 7.84. The molecule has 2 atom stereocenters. The third-order valence-electron chi connectivity index (χ3n) is 2.68. The molecule has 0 aromatic heterocycles. The Balaban J connectivity index is 4.39. The molecule has 6 heteroatoms. The minimum Gasteiger partial charge on any atom is -0.469 e. The summed E-state index contributed by atoms with van der Waals surface area (Å²) in [6, 6.07) is -2.14. The zero-order valence-electron chi connectivity index (χ0n) is 10.2. The molecule has 0 amide bonds. The summed E-state index contributed by atoms with van der Waals surface area (Å²) in [6.07, 6.45) is -1.17. The normalized spacial score (nSPS) is 15.4.